The number of nitrogens with one attached hydrogen (secondary N) is 2. The summed E-state index contributed by atoms with van der Waals surface area (Å²) in [5.41, 5.74) is 0.918. The molecule has 3 aromatic carbocycles. The molecule has 6 fully saturated rings. The van der Waals surface area contributed by atoms with Crippen LogP contribution < -0.4 is 30.9 Å². The van der Waals surface area contributed by atoms with Gasteiger partial charge in [0, 0.05) is 101 Å². The predicted octanol–water partition coefficient (Wildman–Crippen LogP) is 6.58. The first-order chi connectivity index (χ1) is 36.8. The highest BCUT2D eigenvalue weighted by Crippen LogP contribution is 2.40. The summed E-state index contributed by atoms with van der Waals surface area (Å²) in [4.78, 5) is 60.8. The number of nitrogens with zero attached hydrogens (tertiary/aromatic N) is 9. The maximum atomic E-state index is 17.0. The number of ether oxygens (including phenoxy) is 1. The van der Waals surface area contributed by atoms with Crippen molar-refractivity contribution in [3.8, 4) is 35.4 Å². The average molecular weight is 1040 g/mol. The van der Waals surface area contributed by atoms with E-state index in [2.05, 4.69) is 46.1 Å². The van der Waals surface area contributed by atoms with E-state index in [1.165, 1.54) is 41.5 Å². The number of aromatic hydroxyl groups is 1. The Balaban J connectivity index is 0.634. The van der Waals surface area contributed by atoms with Gasteiger partial charge in [0.2, 0.25) is 11.8 Å². The fourth-order valence-corrected chi connectivity index (χ4v) is 13.3. The summed E-state index contributed by atoms with van der Waals surface area (Å²) in [6.07, 6.45) is 16.2. The summed E-state index contributed by atoms with van der Waals surface area (Å²) in [6.45, 7) is 7.36. The van der Waals surface area contributed by atoms with Gasteiger partial charge in [-0.25, -0.2) is 18.0 Å². The Bertz CT molecular complexity index is 3340. The van der Waals surface area contributed by atoms with Crippen molar-refractivity contribution in [2.24, 2.45) is 18.9 Å². The summed E-state index contributed by atoms with van der Waals surface area (Å²) in [6, 6.07) is 11.3. The number of amides is 2. The van der Waals surface area contributed by atoms with Gasteiger partial charge in [0.25, 0.3) is 0 Å². The zero-order chi connectivity index (χ0) is 52.4. The second-order valence-corrected chi connectivity index (χ2v) is 22.3. The van der Waals surface area contributed by atoms with Crippen molar-refractivity contribution in [1.82, 2.24) is 44.5 Å². The minimum atomic E-state index is -1.27. The van der Waals surface area contributed by atoms with Gasteiger partial charge in [-0.15, -0.1) is 6.42 Å². The number of piperazine rings is 1. The number of pyridine rings is 1. The van der Waals surface area contributed by atoms with E-state index >= 15 is 13.2 Å². The molecule has 3 aromatic heterocycles. The number of imidazole rings is 1. The van der Waals surface area contributed by atoms with E-state index < -0.39 is 29.3 Å². The third kappa shape index (κ3) is 9.61. The molecule has 9 heterocycles. The molecule has 0 radical (unpaired) electrons. The number of phenolic OH excluding ortho intramolecular Hbond substituents is 1. The molecule has 6 aliphatic heterocycles. The van der Waals surface area contributed by atoms with Gasteiger partial charge in [-0.1, -0.05) is 12.0 Å². The zero-order valence-corrected chi connectivity index (χ0v) is 42.9. The van der Waals surface area contributed by atoms with E-state index in [9.17, 15) is 19.5 Å². The molecule has 19 heteroatoms. The molecule has 2 bridgehead atoms. The van der Waals surface area contributed by atoms with Crippen LogP contribution in [0, 0.1) is 35.8 Å². The third-order valence-electron chi connectivity index (χ3n) is 17.5. The number of hydrogen-bond acceptors (Lipinski definition) is 13. The highest BCUT2D eigenvalue weighted by atomic mass is 19.1. The largest absolute Gasteiger partial charge is 0.508 e. The van der Waals surface area contributed by atoms with Crippen molar-refractivity contribution in [3.63, 3.8) is 0 Å². The van der Waals surface area contributed by atoms with Crippen LogP contribution in [-0.4, -0.2) is 141 Å². The van der Waals surface area contributed by atoms with Gasteiger partial charge in [-0.3, -0.25) is 33.9 Å². The Morgan fingerprint density at radius 1 is 0.855 bits per heavy atom. The van der Waals surface area contributed by atoms with Gasteiger partial charge in [0.15, 0.2) is 5.82 Å². The van der Waals surface area contributed by atoms with Crippen LogP contribution in [-0.2, 0) is 16.6 Å². The van der Waals surface area contributed by atoms with Crippen LogP contribution >= 0.6 is 0 Å². The number of alkyl halides is 1. The number of rotatable bonds is 12. The minimum Gasteiger partial charge on any atom is -0.508 e. The van der Waals surface area contributed by atoms with Gasteiger partial charge >= 0.3 is 11.7 Å². The molecule has 3 unspecified atom stereocenters. The molecule has 2 amide bonds. The first-order valence-electron chi connectivity index (χ1n) is 27.1. The molecule has 76 heavy (non-hydrogen) atoms. The van der Waals surface area contributed by atoms with Gasteiger partial charge < -0.3 is 29.9 Å². The fraction of sp³-hybridized carbons (Fsp3) is 0.509. The minimum absolute atomic E-state index is 0.0110. The lowest BCUT2D eigenvalue weighted by Crippen LogP contribution is -2.51. The Morgan fingerprint density at radius 3 is 2.32 bits per heavy atom. The molecule has 3 N–H and O–H groups in total. The Hall–Kier alpha value is -6.75. The molecule has 398 valence electrons. The molecular weight excluding hydrogens is 976 g/mol. The van der Waals surface area contributed by atoms with Crippen molar-refractivity contribution < 1.29 is 32.6 Å². The van der Waals surface area contributed by atoms with Crippen LogP contribution in [0.5, 0.6) is 11.8 Å². The molecule has 6 aliphatic rings. The second kappa shape index (κ2) is 20.3. The number of fused-ring (bicyclic) bond motifs is 5. The number of benzene rings is 3. The van der Waals surface area contributed by atoms with Gasteiger partial charge in [-0.2, -0.15) is 9.97 Å². The first kappa shape index (κ1) is 50.1. The van der Waals surface area contributed by atoms with E-state index in [1.54, 1.807) is 11.6 Å². The summed E-state index contributed by atoms with van der Waals surface area (Å²) >= 11 is 0. The molecular formula is C57H64F3N11O5. The molecule has 6 saturated heterocycles. The Morgan fingerprint density at radius 2 is 1.59 bits per heavy atom. The average Bonchev–Trinajstić information content (AvgIpc) is 3.95. The van der Waals surface area contributed by atoms with Crippen LogP contribution in [0.2, 0.25) is 0 Å². The maximum Gasteiger partial charge on any atom is 0.329 e. The number of phenols is 1. The molecule has 0 spiro atoms. The van der Waals surface area contributed by atoms with Crippen molar-refractivity contribution in [1.29, 1.82) is 0 Å². The van der Waals surface area contributed by atoms with Crippen LogP contribution in [0.25, 0.3) is 44.0 Å². The molecule has 16 nitrogen and oxygen atoms in total. The number of imide groups is 1. The number of piperidine rings is 4. The number of aromatic nitrogens is 5. The van der Waals surface area contributed by atoms with E-state index in [1.807, 2.05) is 18.2 Å². The first-order valence-corrected chi connectivity index (χ1v) is 27.1. The number of likely N-dealkylation sites (tertiary alicyclic amines) is 2. The molecule has 0 saturated carbocycles. The van der Waals surface area contributed by atoms with Crippen LogP contribution in [0.1, 0.15) is 82.2 Å². The number of halogens is 3. The Kier molecular flexibility index (Phi) is 13.4. The summed E-state index contributed by atoms with van der Waals surface area (Å²) in [5, 5.41) is 17.8. The van der Waals surface area contributed by atoms with Crippen molar-refractivity contribution in [2.45, 2.75) is 94.4 Å². The quantitative estimate of drug-likeness (QED) is 0.0890. The maximum absolute atomic E-state index is 17.0. The van der Waals surface area contributed by atoms with Crippen molar-refractivity contribution in [2.75, 3.05) is 81.9 Å². The highest BCUT2D eigenvalue weighted by molar-refractivity contribution is 6.03. The SMILES string of the molecule is C#Cc1c(F)ccc2cc(O)cc(-c3ncc4c(N5CC6CCC(C5)N6)nc(OCCN5CCC(F)(CN6CCC(CC7CCN(c8ccc9c(c8)n(C)c(=O)n9C8CCC(=O)NC8=O)CC7)CC6)CC5)nc4c3F)c12. The highest BCUT2D eigenvalue weighted by Gasteiger charge is 2.39. The number of aryl methyl sites for hydroxylation is 1. The van der Waals surface area contributed by atoms with E-state index in [-0.39, 0.29) is 76.2 Å². The van der Waals surface area contributed by atoms with Crippen molar-refractivity contribution in [3.05, 3.63) is 76.3 Å². The molecule has 12 rings (SSSR count). The lowest BCUT2D eigenvalue weighted by atomic mass is 9.82. The Labute approximate surface area is 438 Å². The lowest BCUT2D eigenvalue weighted by Gasteiger charge is -2.42. The summed E-state index contributed by atoms with van der Waals surface area (Å²) < 4.78 is 57.9. The molecule has 6 aromatic rings. The van der Waals surface area contributed by atoms with E-state index in [0.717, 1.165) is 75.9 Å². The number of hydrogen-bond donors (Lipinski definition) is 3. The predicted molar refractivity (Wildman–Crippen MR) is 284 cm³/mol. The van der Waals surface area contributed by atoms with Crippen molar-refractivity contribution >= 4 is 56.0 Å². The van der Waals surface area contributed by atoms with E-state index in [0.29, 0.717) is 92.5 Å². The van der Waals surface area contributed by atoms with E-state index in [4.69, 9.17) is 16.1 Å². The molecule has 3 atom stereocenters. The third-order valence-corrected chi connectivity index (χ3v) is 17.5. The van der Waals surface area contributed by atoms with Crippen LogP contribution in [0.4, 0.5) is 24.7 Å². The van der Waals surface area contributed by atoms with Crippen LogP contribution in [0.15, 0.2) is 53.5 Å². The summed E-state index contributed by atoms with van der Waals surface area (Å²) in [7, 11) is 1.73. The lowest BCUT2D eigenvalue weighted by molar-refractivity contribution is -0.135. The standard InChI is InChI=1S/C57H64F3N11O5/c1-3-41-44(58)8-4-36-27-40(72)29-42(49(36)41)51-50(59)52-43(30-61-51)53(70-31-37-5-6-38(32-70)62-37)65-55(64-52)76-25-24-67-22-16-57(60,17-23-67)33-68-18-12-34(13-19-68)26-35-14-20-69(21-15-35)39-7-9-45-47(28-39)66(2)56(75)71(45)46-10-11-48(73)63-54(46)74/h1,4,7-9,27-30,34-35,37-38,46,62,72H,5-6,10-26,31-33H2,2H3,(H,63,73,74). The smallest absolute Gasteiger partial charge is 0.329 e. The van der Waals surface area contributed by atoms with Crippen LogP contribution in [0.3, 0.4) is 0 Å². The fourth-order valence-electron chi connectivity index (χ4n) is 13.3. The number of carbonyl (C=O) groups is 2. The topological polar surface area (TPSA) is 166 Å². The monoisotopic (exact) mass is 1040 g/mol. The molecule has 0 aliphatic carbocycles. The zero-order valence-electron chi connectivity index (χ0n) is 42.9. The second-order valence-electron chi connectivity index (χ2n) is 22.3. The number of anilines is 2. The normalized spacial score (nSPS) is 23.0. The van der Waals surface area contributed by atoms with Gasteiger partial charge in [0.05, 0.1) is 22.0 Å². The number of terminal acetylenes is 1. The van der Waals surface area contributed by atoms with Gasteiger partial charge in [-0.05, 0) is 131 Å². The summed E-state index contributed by atoms with van der Waals surface area (Å²) in [5.74, 6) is 1.85. The number of carbonyl (C=O) groups excluding carboxylic acids is 2. The van der Waals surface area contributed by atoms with Gasteiger partial charge in [0.1, 0.15) is 46.9 Å².